The molecule has 102 valence electrons. The standard InChI is InChI=1S/C10H18N4O2S2/c1-10(2,3)14-9(11)13-6-7-4-5-8(17-7)18(12,15)16/h4-5H,6H2,1-3H3,(H3,11,13,14)(H2,12,15,16). The number of primary sulfonamides is 1. The lowest BCUT2D eigenvalue weighted by Crippen LogP contribution is -2.44. The van der Waals surface area contributed by atoms with E-state index in [1.54, 1.807) is 6.07 Å². The molecule has 0 aliphatic heterocycles. The van der Waals surface area contributed by atoms with E-state index in [1.165, 1.54) is 6.07 Å². The Kier molecular flexibility index (Phi) is 4.36. The van der Waals surface area contributed by atoms with Gasteiger partial charge in [-0.15, -0.1) is 11.3 Å². The Morgan fingerprint density at radius 3 is 2.50 bits per heavy atom. The van der Waals surface area contributed by atoms with E-state index in [2.05, 4.69) is 10.3 Å². The van der Waals surface area contributed by atoms with Gasteiger partial charge in [0.05, 0.1) is 6.54 Å². The Hall–Kier alpha value is -1.12. The summed E-state index contributed by atoms with van der Waals surface area (Å²) in [5.41, 5.74) is 5.54. The van der Waals surface area contributed by atoms with Crippen molar-refractivity contribution in [3.63, 3.8) is 0 Å². The molecule has 0 amide bonds. The lowest BCUT2D eigenvalue weighted by Gasteiger charge is -2.20. The summed E-state index contributed by atoms with van der Waals surface area (Å²) in [4.78, 5) is 4.92. The molecular formula is C10H18N4O2S2. The smallest absolute Gasteiger partial charge is 0.247 e. The van der Waals surface area contributed by atoms with E-state index in [0.717, 1.165) is 16.2 Å². The van der Waals surface area contributed by atoms with Crippen molar-refractivity contribution < 1.29 is 8.42 Å². The molecule has 0 bridgehead atoms. The van der Waals surface area contributed by atoms with Gasteiger partial charge >= 0.3 is 0 Å². The van der Waals surface area contributed by atoms with Crippen molar-refractivity contribution in [3.8, 4) is 0 Å². The van der Waals surface area contributed by atoms with Crippen LogP contribution in [0.5, 0.6) is 0 Å². The van der Waals surface area contributed by atoms with Gasteiger partial charge in [-0.05, 0) is 32.9 Å². The molecular weight excluding hydrogens is 272 g/mol. The van der Waals surface area contributed by atoms with Gasteiger partial charge in [-0.3, -0.25) is 0 Å². The summed E-state index contributed by atoms with van der Waals surface area (Å²) < 4.78 is 22.3. The monoisotopic (exact) mass is 290 g/mol. The molecule has 1 heterocycles. The average Bonchev–Trinajstić information content (AvgIpc) is 2.59. The van der Waals surface area contributed by atoms with Gasteiger partial charge in [0.2, 0.25) is 10.0 Å². The molecule has 1 aromatic rings. The van der Waals surface area contributed by atoms with Crippen LogP contribution in [0.25, 0.3) is 0 Å². The number of nitrogens with one attached hydrogen (secondary N) is 1. The molecule has 0 aromatic carbocycles. The maximum absolute atomic E-state index is 11.1. The molecule has 1 aromatic heterocycles. The number of nitrogens with zero attached hydrogens (tertiary/aromatic N) is 1. The highest BCUT2D eigenvalue weighted by atomic mass is 32.2. The van der Waals surface area contributed by atoms with Crippen LogP contribution >= 0.6 is 11.3 Å². The second kappa shape index (κ2) is 5.25. The Morgan fingerprint density at radius 2 is 2.06 bits per heavy atom. The molecule has 0 saturated heterocycles. The Labute approximate surface area is 111 Å². The van der Waals surface area contributed by atoms with Gasteiger partial charge in [0.15, 0.2) is 5.96 Å². The van der Waals surface area contributed by atoms with Gasteiger partial charge < -0.3 is 11.1 Å². The first-order valence-electron chi connectivity index (χ1n) is 5.27. The van der Waals surface area contributed by atoms with Crippen LogP contribution in [0.2, 0.25) is 0 Å². The number of thiophene rings is 1. The fraction of sp³-hybridized carbons (Fsp3) is 0.500. The fourth-order valence-corrected chi connectivity index (χ4v) is 2.89. The zero-order valence-corrected chi connectivity index (χ0v) is 12.2. The third kappa shape index (κ3) is 5.03. The van der Waals surface area contributed by atoms with Crippen LogP contribution in [-0.4, -0.2) is 19.9 Å². The predicted octanol–water partition coefficient (Wildman–Crippen LogP) is 0.598. The molecule has 0 aliphatic carbocycles. The molecule has 0 radical (unpaired) electrons. The van der Waals surface area contributed by atoms with E-state index < -0.39 is 10.0 Å². The Bertz CT molecular complexity index is 540. The summed E-state index contributed by atoms with van der Waals surface area (Å²) in [5.74, 6) is 0.327. The average molecular weight is 290 g/mol. The van der Waals surface area contributed by atoms with Crippen LogP contribution in [0.1, 0.15) is 25.6 Å². The van der Waals surface area contributed by atoms with Crippen molar-refractivity contribution in [1.82, 2.24) is 5.32 Å². The largest absolute Gasteiger partial charge is 0.370 e. The number of aliphatic imine (C=N–C) groups is 1. The Morgan fingerprint density at radius 1 is 1.44 bits per heavy atom. The first kappa shape index (κ1) is 14.9. The third-order valence-corrected chi connectivity index (χ3v) is 4.33. The summed E-state index contributed by atoms with van der Waals surface area (Å²) in [6.07, 6.45) is 0. The quantitative estimate of drug-likeness (QED) is 0.559. The van der Waals surface area contributed by atoms with Crippen LogP contribution in [0.3, 0.4) is 0 Å². The minimum Gasteiger partial charge on any atom is -0.370 e. The molecule has 0 unspecified atom stereocenters. The second-order valence-electron chi connectivity index (χ2n) is 4.84. The molecule has 5 N–H and O–H groups in total. The van der Waals surface area contributed by atoms with Crippen LogP contribution < -0.4 is 16.2 Å². The van der Waals surface area contributed by atoms with Gasteiger partial charge in [0.1, 0.15) is 4.21 Å². The summed E-state index contributed by atoms with van der Waals surface area (Å²) in [6.45, 7) is 6.24. The van der Waals surface area contributed by atoms with E-state index >= 15 is 0 Å². The van der Waals surface area contributed by atoms with Crippen molar-refractivity contribution in [3.05, 3.63) is 17.0 Å². The maximum Gasteiger partial charge on any atom is 0.247 e. The normalized spacial score (nSPS) is 13.7. The van der Waals surface area contributed by atoms with Crippen LogP contribution in [0.15, 0.2) is 21.3 Å². The summed E-state index contributed by atoms with van der Waals surface area (Å²) >= 11 is 1.10. The molecule has 1 rings (SSSR count). The molecule has 8 heteroatoms. The van der Waals surface area contributed by atoms with Gasteiger partial charge in [0.25, 0.3) is 0 Å². The summed E-state index contributed by atoms with van der Waals surface area (Å²) in [6, 6.07) is 3.15. The van der Waals surface area contributed by atoms with Crippen molar-refractivity contribution in [2.45, 2.75) is 37.1 Å². The van der Waals surface area contributed by atoms with Crippen LogP contribution in [-0.2, 0) is 16.6 Å². The Balaban J connectivity index is 2.70. The van der Waals surface area contributed by atoms with Gasteiger partial charge in [-0.2, -0.15) is 0 Å². The van der Waals surface area contributed by atoms with E-state index in [-0.39, 0.29) is 9.75 Å². The lowest BCUT2D eigenvalue weighted by molar-refractivity contribution is 0.508. The third-order valence-electron chi connectivity index (χ3n) is 1.83. The van der Waals surface area contributed by atoms with E-state index in [4.69, 9.17) is 10.9 Å². The zero-order valence-electron chi connectivity index (χ0n) is 10.6. The van der Waals surface area contributed by atoms with Crippen molar-refractivity contribution >= 4 is 27.3 Å². The van der Waals surface area contributed by atoms with Crippen LogP contribution in [0, 0.1) is 0 Å². The maximum atomic E-state index is 11.1. The van der Waals surface area contributed by atoms with Gasteiger partial charge in [-0.25, -0.2) is 18.5 Å². The minimum absolute atomic E-state index is 0.134. The SMILES string of the molecule is CC(C)(C)NC(N)=NCc1ccc(S(N)(=O)=O)s1. The lowest BCUT2D eigenvalue weighted by atomic mass is 10.1. The molecule has 6 nitrogen and oxygen atoms in total. The van der Waals surface area contributed by atoms with Crippen molar-refractivity contribution in [1.29, 1.82) is 0 Å². The highest BCUT2D eigenvalue weighted by Crippen LogP contribution is 2.20. The summed E-state index contributed by atoms with van der Waals surface area (Å²) in [5, 5.41) is 8.03. The van der Waals surface area contributed by atoms with Crippen LogP contribution in [0.4, 0.5) is 0 Å². The molecule has 0 saturated carbocycles. The van der Waals surface area contributed by atoms with E-state index in [9.17, 15) is 8.42 Å². The first-order valence-corrected chi connectivity index (χ1v) is 7.64. The number of rotatable bonds is 3. The number of hydrogen-bond donors (Lipinski definition) is 3. The zero-order chi connectivity index (χ0) is 14.0. The first-order chi connectivity index (χ1) is 8.08. The number of hydrogen-bond acceptors (Lipinski definition) is 4. The van der Waals surface area contributed by atoms with Gasteiger partial charge in [0, 0.05) is 10.4 Å². The molecule has 0 spiro atoms. The fourth-order valence-electron chi connectivity index (χ4n) is 1.18. The number of nitrogens with two attached hydrogens (primary N) is 2. The molecule has 0 fully saturated rings. The minimum atomic E-state index is -3.63. The molecule has 0 aliphatic rings. The van der Waals surface area contributed by atoms with E-state index in [1.807, 2.05) is 20.8 Å². The molecule has 0 atom stereocenters. The predicted molar refractivity (Wildman–Crippen MR) is 73.9 cm³/mol. The number of guanidine groups is 1. The van der Waals surface area contributed by atoms with Gasteiger partial charge in [-0.1, -0.05) is 0 Å². The van der Waals surface area contributed by atoms with Crippen molar-refractivity contribution in [2.75, 3.05) is 0 Å². The molecule has 18 heavy (non-hydrogen) atoms. The topological polar surface area (TPSA) is 111 Å². The summed E-state index contributed by atoms with van der Waals surface area (Å²) in [7, 11) is -3.63. The highest BCUT2D eigenvalue weighted by molar-refractivity contribution is 7.91. The van der Waals surface area contributed by atoms with E-state index in [0.29, 0.717) is 12.5 Å². The second-order valence-corrected chi connectivity index (χ2v) is 7.80. The van der Waals surface area contributed by atoms with Crippen molar-refractivity contribution in [2.24, 2.45) is 15.9 Å². The number of sulfonamides is 1. The highest BCUT2D eigenvalue weighted by Gasteiger charge is 2.12.